The zero-order valence-electron chi connectivity index (χ0n) is 21.0. The molecule has 0 aliphatic heterocycles. The molecule has 1 amide bonds. The summed E-state index contributed by atoms with van der Waals surface area (Å²) in [6.07, 6.45) is -0.616. The topological polar surface area (TPSA) is 108 Å². The van der Waals surface area contributed by atoms with Crippen LogP contribution in [-0.2, 0) is 31.0 Å². The maximum absolute atomic E-state index is 12.6. The van der Waals surface area contributed by atoms with Crippen LogP contribution in [0.4, 0.5) is 4.79 Å². The lowest BCUT2D eigenvalue weighted by Gasteiger charge is -2.22. The van der Waals surface area contributed by atoms with Gasteiger partial charge < -0.3 is 19.0 Å². The van der Waals surface area contributed by atoms with E-state index in [1.165, 1.54) is 24.3 Å². The van der Waals surface area contributed by atoms with Crippen molar-refractivity contribution < 1.29 is 31.7 Å². The first-order valence-corrected chi connectivity index (χ1v) is 13.2. The Bertz CT molecular complexity index is 1270. The molecule has 0 saturated carbocycles. The van der Waals surface area contributed by atoms with Crippen molar-refractivity contribution in [1.29, 1.82) is 0 Å². The maximum Gasteiger partial charge on any atom is 0.407 e. The molecule has 1 atom stereocenters. The lowest BCUT2D eigenvalue weighted by atomic mass is 9.95. The molecule has 0 aliphatic carbocycles. The molecule has 37 heavy (non-hydrogen) atoms. The van der Waals surface area contributed by atoms with E-state index in [0.29, 0.717) is 5.56 Å². The smallest absolute Gasteiger partial charge is 0.407 e. The van der Waals surface area contributed by atoms with Crippen molar-refractivity contribution >= 4 is 22.2 Å². The van der Waals surface area contributed by atoms with Gasteiger partial charge in [0.05, 0.1) is 6.42 Å². The summed E-state index contributed by atoms with van der Waals surface area (Å²) < 4.78 is 41.0. The summed E-state index contributed by atoms with van der Waals surface area (Å²) in [5.41, 5.74) is 0.884. The first-order chi connectivity index (χ1) is 17.5. The number of nitrogens with one attached hydrogen (secondary N) is 1. The number of benzene rings is 3. The molecule has 0 bridgehead atoms. The molecule has 0 heterocycles. The second-order valence-corrected chi connectivity index (χ2v) is 10.9. The monoisotopic (exact) mass is 525 g/mol. The summed E-state index contributed by atoms with van der Waals surface area (Å²) in [5.74, 6) is -0.763. The molecule has 1 unspecified atom stereocenters. The highest BCUT2D eigenvalue weighted by molar-refractivity contribution is 7.87. The molecule has 0 spiro atoms. The van der Waals surface area contributed by atoms with Crippen LogP contribution >= 0.6 is 0 Å². The van der Waals surface area contributed by atoms with Gasteiger partial charge in [0.25, 0.3) is 0 Å². The van der Waals surface area contributed by atoms with Gasteiger partial charge in [-0.05, 0) is 56.2 Å². The van der Waals surface area contributed by atoms with E-state index in [2.05, 4.69) is 5.32 Å². The van der Waals surface area contributed by atoms with Crippen LogP contribution < -0.4 is 9.50 Å². The van der Waals surface area contributed by atoms with E-state index in [0.717, 1.165) is 5.56 Å². The van der Waals surface area contributed by atoms with Crippen LogP contribution in [0.2, 0.25) is 0 Å². The van der Waals surface area contributed by atoms with Crippen molar-refractivity contribution in [3.05, 3.63) is 96.1 Å². The summed E-state index contributed by atoms with van der Waals surface area (Å²) in [6.45, 7) is 5.52. The minimum atomic E-state index is -3.99. The Morgan fingerprint density at radius 1 is 0.865 bits per heavy atom. The second-order valence-electron chi connectivity index (χ2n) is 9.35. The molecule has 0 saturated heterocycles. The quantitative estimate of drug-likeness (QED) is 0.286. The van der Waals surface area contributed by atoms with Crippen molar-refractivity contribution in [3.8, 4) is 5.75 Å². The summed E-state index contributed by atoms with van der Waals surface area (Å²) >= 11 is 0. The Hall–Kier alpha value is -3.85. The fourth-order valence-corrected chi connectivity index (χ4v) is 4.34. The van der Waals surface area contributed by atoms with Gasteiger partial charge in [-0.1, -0.05) is 60.7 Å². The highest BCUT2D eigenvalue weighted by Gasteiger charge is 2.22. The normalized spacial score (nSPS) is 12.3. The first-order valence-electron chi connectivity index (χ1n) is 11.8. The third-order valence-electron chi connectivity index (χ3n) is 5.14. The number of amides is 1. The fraction of sp³-hybridized carbons (Fsp3) is 0.286. The number of carbonyl (C=O) groups is 2. The van der Waals surface area contributed by atoms with E-state index >= 15 is 0 Å². The van der Waals surface area contributed by atoms with E-state index in [1.807, 2.05) is 30.3 Å². The van der Waals surface area contributed by atoms with Crippen LogP contribution in [0.3, 0.4) is 0 Å². The van der Waals surface area contributed by atoms with Crippen LogP contribution in [0.15, 0.2) is 89.8 Å². The summed E-state index contributed by atoms with van der Waals surface area (Å²) in [6, 6.07) is 23.5. The number of ether oxygens (including phenoxy) is 2. The SMILES string of the molecule is CC(C)(C)OC(=O)NCC(CC(=O)OCc1ccccc1)c1ccc(OS(=O)(=O)c2ccccc2)cc1. The third-order valence-corrected chi connectivity index (χ3v) is 6.40. The van der Waals surface area contributed by atoms with Gasteiger partial charge in [0.1, 0.15) is 22.9 Å². The highest BCUT2D eigenvalue weighted by Crippen LogP contribution is 2.25. The van der Waals surface area contributed by atoms with Gasteiger partial charge in [-0.2, -0.15) is 8.42 Å². The zero-order chi connectivity index (χ0) is 26.9. The molecule has 0 fully saturated rings. The van der Waals surface area contributed by atoms with Crippen molar-refractivity contribution in [2.75, 3.05) is 6.54 Å². The Morgan fingerprint density at radius 2 is 1.46 bits per heavy atom. The molecule has 196 valence electrons. The Labute approximate surface area is 217 Å². The van der Waals surface area contributed by atoms with Crippen LogP contribution in [0, 0.1) is 0 Å². The first kappa shape index (κ1) is 27.7. The van der Waals surface area contributed by atoms with Crippen LogP contribution in [0.25, 0.3) is 0 Å². The van der Waals surface area contributed by atoms with Gasteiger partial charge in [-0.25, -0.2) is 4.79 Å². The van der Waals surface area contributed by atoms with Crippen LogP contribution in [-0.4, -0.2) is 32.6 Å². The molecule has 0 radical (unpaired) electrons. The second kappa shape index (κ2) is 12.4. The van der Waals surface area contributed by atoms with E-state index in [-0.39, 0.29) is 30.2 Å². The van der Waals surface area contributed by atoms with Gasteiger partial charge in [-0.15, -0.1) is 0 Å². The standard InChI is InChI=1S/C28H31NO7S/c1-28(2,3)35-27(31)29-19-23(18-26(30)34-20-21-10-6-4-7-11-21)22-14-16-24(17-15-22)36-37(32,33)25-12-8-5-9-13-25/h4-17,23H,18-20H2,1-3H3,(H,29,31). The Balaban J connectivity index is 1.70. The third kappa shape index (κ3) is 9.27. The highest BCUT2D eigenvalue weighted by atomic mass is 32.2. The number of rotatable bonds is 10. The van der Waals surface area contributed by atoms with E-state index in [1.54, 1.807) is 51.1 Å². The van der Waals surface area contributed by atoms with Crippen molar-refractivity contribution in [3.63, 3.8) is 0 Å². The molecular weight excluding hydrogens is 494 g/mol. The fourth-order valence-electron chi connectivity index (χ4n) is 3.38. The number of carbonyl (C=O) groups excluding carboxylic acids is 2. The molecular formula is C28H31NO7S. The van der Waals surface area contributed by atoms with Crippen molar-refractivity contribution in [2.45, 2.75) is 50.2 Å². The summed E-state index contributed by atoms with van der Waals surface area (Å²) in [7, 11) is -3.99. The molecule has 0 aromatic heterocycles. The summed E-state index contributed by atoms with van der Waals surface area (Å²) in [5, 5.41) is 2.70. The molecule has 3 aromatic carbocycles. The molecule has 1 N–H and O–H groups in total. The van der Waals surface area contributed by atoms with Gasteiger partial charge in [0.15, 0.2) is 0 Å². The Morgan fingerprint density at radius 3 is 2.05 bits per heavy atom. The number of alkyl carbamates (subject to hydrolysis) is 1. The van der Waals surface area contributed by atoms with Gasteiger partial charge in [0.2, 0.25) is 0 Å². The number of hydrogen-bond donors (Lipinski definition) is 1. The average Bonchev–Trinajstić information content (AvgIpc) is 2.86. The zero-order valence-corrected chi connectivity index (χ0v) is 21.9. The molecule has 9 heteroatoms. The lowest BCUT2D eigenvalue weighted by molar-refractivity contribution is -0.145. The number of esters is 1. The minimum absolute atomic E-state index is 0.00878. The Kier molecular flexibility index (Phi) is 9.30. The molecule has 3 rings (SSSR count). The predicted octanol–water partition coefficient (Wildman–Crippen LogP) is 5.20. The predicted molar refractivity (Wildman–Crippen MR) is 139 cm³/mol. The largest absolute Gasteiger partial charge is 0.461 e. The average molecular weight is 526 g/mol. The summed E-state index contributed by atoms with van der Waals surface area (Å²) in [4.78, 5) is 24.9. The van der Waals surface area contributed by atoms with Gasteiger partial charge >= 0.3 is 22.2 Å². The van der Waals surface area contributed by atoms with E-state index in [9.17, 15) is 18.0 Å². The van der Waals surface area contributed by atoms with Crippen LogP contribution in [0.5, 0.6) is 5.75 Å². The van der Waals surface area contributed by atoms with E-state index < -0.39 is 33.7 Å². The van der Waals surface area contributed by atoms with Gasteiger partial charge in [0, 0.05) is 12.5 Å². The molecule has 3 aromatic rings. The molecule has 8 nitrogen and oxygen atoms in total. The lowest BCUT2D eigenvalue weighted by Crippen LogP contribution is -2.35. The number of hydrogen-bond acceptors (Lipinski definition) is 7. The van der Waals surface area contributed by atoms with Crippen molar-refractivity contribution in [2.24, 2.45) is 0 Å². The molecule has 0 aliphatic rings. The van der Waals surface area contributed by atoms with Crippen LogP contribution in [0.1, 0.15) is 44.2 Å². The maximum atomic E-state index is 12.6. The van der Waals surface area contributed by atoms with Gasteiger partial charge in [-0.3, -0.25) is 4.79 Å². The van der Waals surface area contributed by atoms with Crippen molar-refractivity contribution in [1.82, 2.24) is 5.32 Å². The van der Waals surface area contributed by atoms with E-state index in [4.69, 9.17) is 13.7 Å². The minimum Gasteiger partial charge on any atom is -0.461 e.